The molecule has 27 heavy (non-hydrogen) atoms. The number of nitrogens with one attached hydrogen (secondary N) is 1. The predicted molar refractivity (Wildman–Crippen MR) is 112 cm³/mol. The van der Waals surface area contributed by atoms with E-state index in [-0.39, 0.29) is 0 Å². The Balaban J connectivity index is 1.75. The number of benzene rings is 2. The molecule has 138 valence electrons. The molecule has 0 bridgehead atoms. The second-order valence-electron chi connectivity index (χ2n) is 6.76. The van der Waals surface area contributed by atoms with Crippen molar-refractivity contribution in [3.8, 4) is 11.5 Å². The van der Waals surface area contributed by atoms with Crippen LogP contribution in [0.4, 0.5) is 0 Å². The molecule has 5 nitrogen and oxygen atoms in total. The zero-order valence-electron chi connectivity index (χ0n) is 14.6. The second kappa shape index (κ2) is 6.49. The Morgan fingerprint density at radius 1 is 1.07 bits per heavy atom. The average molecular weight is 444 g/mol. The third-order valence-electron chi connectivity index (χ3n) is 5.16. The van der Waals surface area contributed by atoms with Gasteiger partial charge in [0.1, 0.15) is 24.6 Å². The van der Waals surface area contributed by atoms with Crippen LogP contribution in [0.1, 0.15) is 17.5 Å². The summed E-state index contributed by atoms with van der Waals surface area (Å²) in [5, 5.41) is 4.30. The lowest BCUT2D eigenvalue weighted by molar-refractivity contribution is 0.171. The van der Waals surface area contributed by atoms with Crippen LogP contribution in [-0.4, -0.2) is 42.2 Å². The summed E-state index contributed by atoms with van der Waals surface area (Å²) < 4.78 is 12.6. The molecule has 3 aliphatic rings. The topological polar surface area (TPSA) is 46.1 Å². The van der Waals surface area contributed by atoms with Gasteiger partial charge in [-0.1, -0.05) is 34.1 Å². The normalized spacial score (nSPS) is 23.5. The monoisotopic (exact) mass is 443 g/mol. The number of nitrogens with zero attached hydrogens (tertiary/aromatic N) is 2. The number of halogens is 1. The van der Waals surface area contributed by atoms with Crippen LogP contribution < -0.4 is 14.8 Å². The molecule has 2 aromatic rings. The van der Waals surface area contributed by atoms with Gasteiger partial charge >= 0.3 is 0 Å². The van der Waals surface area contributed by atoms with Gasteiger partial charge in [-0.2, -0.15) is 0 Å². The number of fused-ring (bicyclic) bond motifs is 2. The molecule has 0 spiro atoms. The molecule has 0 saturated carbocycles. The minimum atomic E-state index is -0.642. The number of aliphatic imine (C=N–C) groups is 1. The molecule has 0 aromatic heterocycles. The summed E-state index contributed by atoms with van der Waals surface area (Å²) in [7, 11) is 0. The van der Waals surface area contributed by atoms with Gasteiger partial charge in [0.15, 0.2) is 16.6 Å². The Bertz CT molecular complexity index is 964. The molecule has 3 aliphatic heterocycles. The van der Waals surface area contributed by atoms with Crippen molar-refractivity contribution in [2.45, 2.75) is 12.0 Å². The van der Waals surface area contributed by atoms with Gasteiger partial charge in [0, 0.05) is 17.6 Å². The average Bonchev–Trinajstić information content (AvgIpc) is 3.02. The maximum atomic E-state index is 5.84. The van der Waals surface area contributed by atoms with Gasteiger partial charge in [0.05, 0.1) is 0 Å². The van der Waals surface area contributed by atoms with Gasteiger partial charge in [-0.25, -0.2) is 0 Å². The van der Waals surface area contributed by atoms with E-state index in [1.165, 1.54) is 0 Å². The van der Waals surface area contributed by atoms with Crippen LogP contribution in [0, 0.1) is 0 Å². The van der Waals surface area contributed by atoms with Gasteiger partial charge in [-0.15, -0.1) is 0 Å². The summed E-state index contributed by atoms with van der Waals surface area (Å²) in [6.07, 6.45) is 1.00. The van der Waals surface area contributed by atoms with Crippen LogP contribution in [0.3, 0.4) is 0 Å². The van der Waals surface area contributed by atoms with E-state index in [0.29, 0.717) is 18.3 Å². The van der Waals surface area contributed by atoms with Gasteiger partial charge in [-0.3, -0.25) is 4.99 Å². The summed E-state index contributed by atoms with van der Waals surface area (Å²) >= 11 is 9.30. The van der Waals surface area contributed by atoms with E-state index in [9.17, 15) is 0 Å². The summed E-state index contributed by atoms with van der Waals surface area (Å²) in [6, 6.07) is 14.4. The minimum absolute atomic E-state index is 0.555. The number of hydrogen-bond acceptors (Lipinski definition) is 4. The molecule has 1 N–H and O–H groups in total. The Morgan fingerprint density at radius 2 is 1.89 bits per heavy atom. The fraction of sp³-hybridized carbons (Fsp3) is 0.300. The van der Waals surface area contributed by atoms with E-state index in [4.69, 9.17) is 26.7 Å². The van der Waals surface area contributed by atoms with E-state index in [2.05, 4.69) is 44.3 Å². The molecule has 2 aromatic carbocycles. The molecule has 0 radical (unpaired) electrons. The lowest BCUT2D eigenvalue weighted by Crippen LogP contribution is -2.46. The first kappa shape index (κ1) is 17.0. The number of rotatable bonds is 2. The molecule has 1 atom stereocenters. The molecule has 0 amide bonds. The van der Waals surface area contributed by atoms with Crippen molar-refractivity contribution < 1.29 is 9.47 Å². The quantitative estimate of drug-likeness (QED) is 0.720. The first-order valence-corrected chi connectivity index (χ1v) is 10.2. The highest BCUT2D eigenvalue weighted by Crippen LogP contribution is 2.42. The van der Waals surface area contributed by atoms with Gasteiger partial charge in [0.25, 0.3) is 0 Å². The second-order valence-corrected chi connectivity index (χ2v) is 8.06. The first-order chi connectivity index (χ1) is 13.2. The molecule has 1 unspecified atom stereocenters. The molecule has 1 saturated heterocycles. The maximum absolute atomic E-state index is 5.84. The van der Waals surface area contributed by atoms with Crippen molar-refractivity contribution in [2.24, 2.45) is 4.99 Å². The molecule has 1 fully saturated rings. The van der Waals surface area contributed by atoms with E-state index in [1.807, 2.05) is 24.3 Å². The Morgan fingerprint density at radius 3 is 2.74 bits per heavy atom. The summed E-state index contributed by atoms with van der Waals surface area (Å²) in [5.41, 5.74) is 1.48. The summed E-state index contributed by atoms with van der Waals surface area (Å²) in [4.78, 5) is 7.02. The van der Waals surface area contributed by atoms with Gasteiger partial charge in [0.2, 0.25) is 0 Å². The third-order valence-corrected chi connectivity index (χ3v) is 5.98. The maximum Gasteiger partial charge on any atom is 0.175 e. The molecule has 0 aliphatic carbocycles. The standard InChI is InChI=1S/C20H18BrN3O2S/c21-15-4-1-3-13(11-15)20(18-22-7-2-8-24(18)19(27)23-20)14-5-6-16-17(12-14)26-10-9-25-16/h1,3-6,11-12H,2,7-10H2,(H,23,27). The molecule has 5 rings (SSSR count). The van der Waals surface area contributed by atoms with E-state index >= 15 is 0 Å². The van der Waals surface area contributed by atoms with E-state index in [1.54, 1.807) is 0 Å². The van der Waals surface area contributed by atoms with Crippen LogP contribution in [-0.2, 0) is 5.54 Å². The van der Waals surface area contributed by atoms with E-state index in [0.717, 1.165) is 52.4 Å². The summed E-state index contributed by atoms with van der Waals surface area (Å²) in [5.74, 6) is 2.49. The van der Waals surface area contributed by atoms with Crippen LogP contribution in [0.15, 0.2) is 51.9 Å². The highest BCUT2D eigenvalue weighted by Gasteiger charge is 2.50. The van der Waals surface area contributed by atoms with Crippen LogP contribution in [0.5, 0.6) is 11.5 Å². The highest BCUT2D eigenvalue weighted by atomic mass is 79.9. The largest absolute Gasteiger partial charge is 0.486 e. The predicted octanol–water partition coefficient (Wildman–Crippen LogP) is 3.46. The fourth-order valence-electron chi connectivity index (χ4n) is 3.98. The number of thiocarbonyl (C=S) groups is 1. The Hall–Kier alpha value is -2.12. The minimum Gasteiger partial charge on any atom is -0.486 e. The summed E-state index contributed by atoms with van der Waals surface area (Å²) in [6.45, 7) is 2.81. The SMILES string of the molecule is S=C1NC(c2cccc(Br)c2)(c2ccc3c(c2)OCCO3)C2=NCCCN12. The van der Waals surface area contributed by atoms with Crippen molar-refractivity contribution in [3.05, 3.63) is 58.1 Å². The van der Waals surface area contributed by atoms with Crippen molar-refractivity contribution >= 4 is 39.1 Å². The Labute approximate surface area is 171 Å². The fourth-order valence-corrected chi connectivity index (χ4v) is 4.71. The van der Waals surface area contributed by atoms with Crippen molar-refractivity contribution in [1.29, 1.82) is 0 Å². The Kier molecular flexibility index (Phi) is 4.09. The number of amidine groups is 1. The molecule has 7 heteroatoms. The lowest BCUT2D eigenvalue weighted by Gasteiger charge is -2.34. The van der Waals surface area contributed by atoms with Crippen molar-refractivity contribution in [1.82, 2.24) is 10.2 Å². The first-order valence-electron chi connectivity index (χ1n) is 8.99. The van der Waals surface area contributed by atoms with Crippen LogP contribution >= 0.6 is 28.1 Å². The zero-order chi connectivity index (χ0) is 18.4. The van der Waals surface area contributed by atoms with Crippen LogP contribution in [0.25, 0.3) is 0 Å². The highest BCUT2D eigenvalue weighted by molar-refractivity contribution is 9.10. The van der Waals surface area contributed by atoms with Gasteiger partial charge < -0.3 is 19.7 Å². The molecular formula is C20H18BrN3O2S. The van der Waals surface area contributed by atoms with Crippen molar-refractivity contribution in [2.75, 3.05) is 26.3 Å². The third kappa shape index (κ3) is 2.63. The number of ether oxygens (including phenoxy) is 2. The number of hydrogen-bond donors (Lipinski definition) is 1. The zero-order valence-corrected chi connectivity index (χ0v) is 17.0. The van der Waals surface area contributed by atoms with Crippen LogP contribution in [0.2, 0.25) is 0 Å². The lowest BCUT2D eigenvalue weighted by atomic mass is 9.81. The molecule has 3 heterocycles. The van der Waals surface area contributed by atoms with Crippen molar-refractivity contribution in [3.63, 3.8) is 0 Å². The molecular weight excluding hydrogens is 426 g/mol. The smallest absolute Gasteiger partial charge is 0.175 e. The van der Waals surface area contributed by atoms with Gasteiger partial charge in [-0.05, 0) is 54.0 Å². The van der Waals surface area contributed by atoms with E-state index < -0.39 is 5.54 Å².